The number of likely N-dealkylation sites (tertiary alicyclic amines) is 1. The van der Waals surface area contributed by atoms with Gasteiger partial charge in [-0.15, -0.1) is 0 Å². The summed E-state index contributed by atoms with van der Waals surface area (Å²) >= 11 is 0. The zero-order valence-electron chi connectivity index (χ0n) is 12.4. The van der Waals surface area contributed by atoms with Crippen LogP contribution in [0.25, 0.3) is 0 Å². The van der Waals surface area contributed by atoms with Crippen LogP contribution in [0.15, 0.2) is 24.3 Å². The fraction of sp³-hybridized carbons (Fsp3) is 0.562. The van der Waals surface area contributed by atoms with E-state index in [9.17, 15) is 4.79 Å². The molecule has 1 aromatic rings. The molecule has 4 nitrogen and oxygen atoms in total. The Bertz CT molecular complexity index is 431. The lowest BCUT2D eigenvalue weighted by atomic mass is 10.1. The minimum atomic E-state index is 0.197. The molecule has 1 aliphatic heterocycles. The summed E-state index contributed by atoms with van der Waals surface area (Å²) < 4.78 is 5.20. The number of carbonyl (C=O) groups excluding carboxylic acids is 1. The summed E-state index contributed by atoms with van der Waals surface area (Å²) in [7, 11) is 1.67. The van der Waals surface area contributed by atoms with E-state index in [2.05, 4.69) is 24.4 Å². The quantitative estimate of drug-likeness (QED) is 0.831. The van der Waals surface area contributed by atoms with E-state index in [-0.39, 0.29) is 11.9 Å². The van der Waals surface area contributed by atoms with Gasteiger partial charge in [0, 0.05) is 25.6 Å². The van der Waals surface area contributed by atoms with Crippen LogP contribution in [0.1, 0.15) is 37.8 Å². The van der Waals surface area contributed by atoms with Crippen LogP contribution in [0.5, 0.6) is 5.75 Å². The molecule has 1 saturated heterocycles. The first-order valence-electron chi connectivity index (χ1n) is 7.39. The number of nitrogens with one attached hydrogen (secondary N) is 1. The molecule has 0 aliphatic carbocycles. The summed E-state index contributed by atoms with van der Waals surface area (Å²) in [5.41, 5.74) is 1.21. The van der Waals surface area contributed by atoms with Crippen LogP contribution >= 0.6 is 0 Å². The van der Waals surface area contributed by atoms with Crippen molar-refractivity contribution in [1.29, 1.82) is 0 Å². The monoisotopic (exact) mass is 276 g/mol. The second kappa shape index (κ2) is 7.29. The third kappa shape index (κ3) is 3.73. The molecule has 1 N–H and O–H groups in total. The highest BCUT2D eigenvalue weighted by Crippen LogP contribution is 2.21. The fourth-order valence-electron chi connectivity index (χ4n) is 2.56. The minimum absolute atomic E-state index is 0.197. The van der Waals surface area contributed by atoms with E-state index in [1.54, 1.807) is 7.11 Å². The molecular formula is C16H24N2O2. The third-order valence-electron chi connectivity index (χ3n) is 3.73. The molecule has 4 heteroatoms. The molecule has 110 valence electrons. The molecule has 1 unspecified atom stereocenters. The lowest BCUT2D eigenvalue weighted by molar-refractivity contribution is -0.128. The molecule has 0 radical (unpaired) electrons. The normalized spacial score (nSPS) is 16.5. The molecule has 0 aromatic heterocycles. The highest BCUT2D eigenvalue weighted by molar-refractivity contribution is 5.78. The molecule has 0 spiro atoms. The highest BCUT2D eigenvalue weighted by atomic mass is 16.5. The number of methoxy groups -OCH3 is 1. The van der Waals surface area contributed by atoms with Gasteiger partial charge in [-0.05, 0) is 37.1 Å². The zero-order chi connectivity index (χ0) is 14.4. The highest BCUT2D eigenvalue weighted by Gasteiger charge is 2.23. The minimum Gasteiger partial charge on any atom is -0.497 e. The average molecular weight is 276 g/mol. The van der Waals surface area contributed by atoms with Crippen LogP contribution in [0, 0.1) is 0 Å². The van der Waals surface area contributed by atoms with Gasteiger partial charge >= 0.3 is 0 Å². The number of benzene rings is 1. The van der Waals surface area contributed by atoms with Crippen LogP contribution < -0.4 is 10.1 Å². The summed E-state index contributed by atoms with van der Waals surface area (Å²) in [6, 6.07) is 8.30. The standard InChI is InChI=1S/C16H24N2O2/c1-3-10-17-15(12-18-11-4-5-16(18)19)13-6-8-14(20-2)9-7-13/h6-9,15,17H,3-5,10-12H2,1-2H3. The molecule has 1 aliphatic rings. The molecule has 20 heavy (non-hydrogen) atoms. The Labute approximate surface area is 121 Å². The van der Waals surface area contributed by atoms with E-state index in [0.717, 1.165) is 38.2 Å². The smallest absolute Gasteiger partial charge is 0.222 e. The number of amides is 1. The van der Waals surface area contributed by atoms with Gasteiger partial charge in [-0.25, -0.2) is 0 Å². The van der Waals surface area contributed by atoms with Crippen molar-refractivity contribution in [3.63, 3.8) is 0 Å². The average Bonchev–Trinajstić information content (AvgIpc) is 2.89. The molecule has 2 rings (SSSR count). The lowest BCUT2D eigenvalue weighted by Crippen LogP contribution is -2.36. The van der Waals surface area contributed by atoms with E-state index in [0.29, 0.717) is 6.42 Å². The van der Waals surface area contributed by atoms with Gasteiger partial charge in [0.1, 0.15) is 5.75 Å². The lowest BCUT2D eigenvalue weighted by Gasteiger charge is -2.25. The van der Waals surface area contributed by atoms with Crippen molar-refractivity contribution in [1.82, 2.24) is 10.2 Å². The SMILES string of the molecule is CCCNC(CN1CCCC1=O)c1ccc(OC)cc1. The van der Waals surface area contributed by atoms with E-state index in [1.165, 1.54) is 5.56 Å². The largest absolute Gasteiger partial charge is 0.497 e. The first-order valence-corrected chi connectivity index (χ1v) is 7.39. The Balaban J connectivity index is 2.06. The summed E-state index contributed by atoms with van der Waals surface area (Å²) in [6.45, 7) is 4.75. The van der Waals surface area contributed by atoms with Crippen LogP contribution in [0.4, 0.5) is 0 Å². The van der Waals surface area contributed by atoms with Crippen LogP contribution in [0.3, 0.4) is 0 Å². The van der Waals surface area contributed by atoms with Crippen LogP contribution in [0.2, 0.25) is 0 Å². The Morgan fingerprint density at radius 2 is 2.10 bits per heavy atom. The van der Waals surface area contributed by atoms with Crippen molar-refractivity contribution < 1.29 is 9.53 Å². The van der Waals surface area contributed by atoms with E-state index in [1.807, 2.05) is 17.0 Å². The van der Waals surface area contributed by atoms with Gasteiger partial charge in [0.25, 0.3) is 0 Å². The van der Waals surface area contributed by atoms with Gasteiger partial charge in [-0.3, -0.25) is 4.79 Å². The van der Waals surface area contributed by atoms with Crippen molar-refractivity contribution >= 4 is 5.91 Å². The third-order valence-corrected chi connectivity index (χ3v) is 3.73. The first-order chi connectivity index (χ1) is 9.74. The molecule has 1 fully saturated rings. The second-order valence-corrected chi connectivity index (χ2v) is 5.22. The zero-order valence-corrected chi connectivity index (χ0v) is 12.4. The summed E-state index contributed by atoms with van der Waals surface area (Å²) in [5, 5.41) is 3.54. The number of ether oxygens (including phenoxy) is 1. The van der Waals surface area contributed by atoms with Gasteiger partial charge in [-0.1, -0.05) is 19.1 Å². The van der Waals surface area contributed by atoms with Gasteiger partial charge in [0.2, 0.25) is 5.91 Å². The second-order valence-electron chi connectivity index (χ2n) is 5.22. The number of hydrogen-bond donors (Lipinski definition) is 1. The Morgan fingerprint density at radius 3 is 2.65 bits per heavy atom. The number of nitrogens with zero attached hydrogens (tertiary/aromatic N) is 1. The van der Waals surface area contributed by atoms with E-state index in [4.69, 9.17) is 4.74 Å². The number of carbonyl (C=O) groups is 1. The topological polar surface area (TPSA) is 41.6 Å². The van der Waals surface area contributed by atoms with Crippen LogP contribution in [-0.4, -0.2) is 37.6 Å². The maximum atomic E-state index is 11.8. The molecule has 0 saturated carbocycles. The van der Waals surface area contributed by atoms with Gasteiger partial charge in [-0.2, -0.15) is 0 Å². The molecule has 1 atom stereocenters. The first kappa shape index (κ1) is 14.9. The molecule has 1 amide bonds. The van der Waals surface area contributed by atoms with Gasteiger partial charge < -0.3 is 15.0 Å². The number of hydrogen-bond acceptors (Lipinski definition) is 3. The molecule has 1 aromatic carbocycles. The maximum Gasteiger partial charge on any atom is 0.222 e. The molecule has 1 heterocycles. The van der Waals surface area contributed by atoms with E-state index < -0.39 is 0 Å². The summed E-state index contributed by atoms with van der Waals surface area (Å²) in [4.78, 5) is 13.8. The maximum absolute atomic E-state index is 11.8. The summed E-state index contributed by atoms with van der Waals surface area (Å²) in [6.07, 6.45) is 2.77. The Kier molecular flexibility index (Phi) is 5.41. The van der Waals surface area contributed by atoms with Crippen LogP contribution in [-0.2, 0) is 4.79 Å². The molecular weight excluding hydrogens is 252 g/mol. The number of rotatable bonds is 7. The molecule has 0 bridgehead atoms. The van der Waals surface area contributed by atoms with Crippen molar-refractivity contribution in [3.8, 4) is 5.75 Å². The van der Waals surface area contributed by atoms with Crippen molar-refractivity contribution in [2.45, 2.75) is 32.2 Å². The Morgan fingerprint density at radius 1 is 1.35 bits per heavy atom. The van der Waals surface area contributed by atoms with Gasteiger partial charge in [0.05, 0.1) is 7.11 Å². The predicted molar refractivity (Wildman–Crippen MR) is 79.8 cm³/mol. The van der Waals surface area contributed by atoms with Crippen molar-refractivity contribution in [3.05, 3.63) is 29.8 Å². The Hall–Kier alpha value is -1.55. The van der Waals surface area contributed by atoms with Crippen molar-refractivity contribution in [2.75, 3.05) is 26.7 Å². The van der Waals surface area contributed by atoms with Gasteiger partial charge in [0.15, 0.2) is 0 Å². The predicted octanol–water partition coefficient (Wildman–Crippen LogP) is 2.36. The summed E-state index contributed by atoms with van der Waals surface area (Å²) in [5.74, 6) is 1.14. The fourth-order valence-corrected chi connectivity index (χ4v) is 2.56. The van der Waals surface area contributed by atoms with E-state index >= 15 is 0 Å². The van der Waals surface area contributed by atoms with Crippen molar-refractivity contribution in [2.24, 2.45) is 0 Å².